The highest BCUT2D eigenvalue weighted by Crippen LogP contribution is 2.42. The molecule has 3 aromatic rings. The topological polar surface area (TPSA) is 51.1 Å². The summed E-state index contributed by atoms with van der Waals surface area (Å²) in [5.74, 6) is -1.49. The zero-order chi connectivity index (χ0) is 20.3. The number of carbonyl (C=O) groups is 2. The summed E-state index contributed by atoms with van der Waals surface area (Å²) in [7, 11) is 0. The lowest BCUT2D eigenvalue weighted by atomic mass is 9.92. The van der Waals surface area contributed by atoms with Gasteiger partial charge in [-0.15, -0.1) is 0 Å². The summed E-state index contributed by atoms with van der Waals surface area (Å²) in [5, 5.41) is 2.95. The highest BCUT2D eigenvalue weighted by atomic mass is 19.4. The van der Waals surface area contributed by atoms with Crippen LogP contribution in [0, 0.1) is 0 Å². The number of imide groups is 1. The maximum Gasteiger partial charge on any atom is 0.417 e. The summed E-state index contributed by atoms with van der Waals surface area (Å²) in [6, 6.07) is 10.6. The molecule has 1 N–H and O–H groups in total. The van der Waals surface area contributed by atoms with Gasteiger partial charge in [-0.05, 0) is 24.5 Å². The van der Waals surface area contributed by atoms with Crippen molar-refractivity contribution in [3.8, 4) is 0 Å². The van der Waals surface area contributed by atoms with Crippen LogP contribution in [-0.2, 0) is 28.7 Å². The molecule has 1 aromatic heterocycles. The Morgan fingerprint density at radius 2 is 1.62 bits per heavy atom. The minimum Gasteiger partial charge on any atom is -0.347 e. The van der Waals surface area contributed by atoms with Gasteiger partial charge in [0.15, 0.2) is 0 Å². The van der Waals surface area contributed by atoms with Gasteiger partial charge in [-0.3, -0.25) is 14.9 Å². The second kappa shape index (κ2) is 6.07. The van der Waals surface area contributed by atoms with Crippen molar-refractivity contribution in [3.63, 3.8) is 0 Å². The van der Waals surface area contributed by atoms with E-state index in [1.54, 1.807) is 6.20 Å². The van der Waals surface area contributed by atoms with Crippen LogP contribution in [0.5, 0.6) is 0 Å². The van der Waals surface area contributed by atoms with Gasteiger partial charge in [0.25, 0.3) is 11.8 Å². The minimum atomic E-state index is -4.65. The minimum absolute atomic E-state index is 0.00509. The van der Waals surface area contributed by atoms with E-state index in [4.69, 9.17) is 0 Å². The van der Waals surface area contributed by atoms with E-state index in [0.717, 1.165) is 41.9 Å². The van der Waals surface area contributed by atoms with Crippen molar-refractivity contribution in [1.82, 2.24) is 9.88 Å². The van der Waals surface area contributed by atoms with E-state index < -0.39 is 23.6 Å². The average molecular weight is 396 g/mol. The first-order chi connectivity index (χ1) is 13.9. The zero-order valence-corrected chi connectivity index (χ0v) is 15.1. The molecule has 0 radical (unpaired) electrons. The molecule has 2 aliphatic rings. The predicted octanol–water partition coefficient (Wildman–Crippen LogP) is 4.17. The van der Waals surface area contributed by atoms with Crippen LogP contribution >= 0.6 is 0 Å². The van der Waals surface area contributed by atoms with E-state index in [1.807, 2.05) is 22.8 Å². The van der Waals surface area contributed by atoms with Gasteiger partial charge >= 0.3 is 6.18 Å². The number of amides is 2. The second-order valence-electron chi connectivity index (χ2n) is 7.23. The predicted molar refractivity (Wildman–Crippen MR) is 102 cm³/mol. The maximum atomic E-state index is 13.6. The fourth-order valence-electron chi connectivity index (χ4n) is 4.37. The lowest BCUT2D eigenvalue weighted by molar-refractivity contribution is -0.137. The van der Waals surface area contributed by atoms with Crippen LogP contribution in [0.25, 0.3) is 22.0 Å². The van der Waals surface area contributed by atoms with Crippen LogP contribution < -0.4 is 5.32 Å². The molecule has 2 aromatic carbocycles. The van der Waals surface area contributed by atoms with Crippen molar-refractivity contribution >= 4 is 33.9 Å². The van der Waals surface area contributed by atoms with E-state index in [2.05, 4.69) is 5.32 Å². The summed E-state index contributed by atoms with van der Waals surface area (Å²) < 4.78 is 42.8. The third kappa shape index (κ3) is 2.61. The molecule has 0 unspecified atom stereocenters. The van der Waals surface area contributed by atoms with Gasteiger partial charge in [-0.1, -0.05) is 36.4 Å². The van der Waals surface area contributed by atoms with E-state index in [9.17, 15) is 22.8 Å². The van der Waals surface area contributed by atoms with Gasteiger partial charge in [0.05, 0.1) is 22.2 Å². The van der Waals surface area contributed by atoms with Crippen molar-refractivity contribution in [1.29, 1.82) is 0 Å². The molecule has 2 aliphatic heterocycles. The largest absolute Gasteiger partial charge is 0.417 e. The molecule has 0 aliphatic carbocycles. The SMILES string of the molecule is O=C1NC(=O)C(c2cn3c4c(cccc24)CCC3)=C1c1ccccc1C(F)(F)F. The third-order valence-electron chi connectivity index (χ3n) is 5.53. The molecular formula is C22H15F3N2O2. The van der Waals surface area contributed by atoms with Crippen LogP contribution in [-0.4, -0.2) is 16.4 Å². The number of aryl methyl sites for hydroxylation is 2. The Balaban J connectivity index is 1.84. The van der Waals surface area contributed by atoms with Gasteiger partial charge in [-0.2, -0.15) is 13.2 Å². The second-order valence-corrected chi connectivity index (χ2v) is 7.23. The fraction of sp³-hybridized carbons (Fsp3) is 0.182. The summed E-state index contributed by atoms with van der Waals surface area (Å²) in [6.07, 6.45) is -1.04. The molecule has 7 heteroatoms. The number of benzene rings is 2. The zero-order valence-electron chi connectivity index (χ0n) is 15.1. The van der Waals surface area contributed by atoms with E-state index in [0.29, 0.717) is 5.56 Å². The van der Waals surface area contributed by atoms with Gasteiger partial charge < -0.3 is 4.57 Å². The number of hydrogen-bond acceptors (Lipinski definition) is 2. The molecule has 3 heterocycles. The molecule has 0 saturated carbocycles. The van der Waals surface area contributed by atoms with E-state index in [-0.39, 0.29) is 16.7 Å². The number of nitrogens with one attached hydrogen (secondary N) is 1. The van der Waals surface area contributed by atoms with Crippen molar-refractivity contribution in [2.75, 3.05) is 0 Å². The van der Waals surface area contributed by atoms with Crippen molar-refractivity contribution in [3.05, 3.63) is 70.9 Å². The molecule has 0 atom stereocenters. The smallest absolute Gasteiger partial charge is 0.347 e. The van der Waals surface area contributed by atoms with Gasteiger partial charge in [0, 0.05) is 29.3 Å². The first-order valence-electron chi connectivity index (χ1n) is 9.24. The summed E-state index contributed by atoms with van der Waals surface area (Å²) >= 11 is 0. The van der Waals surface area contributed by atoms with Crippen molar-refractivity contribution < 1.29 is 22.8 Å². The number of rotatable bonds is 2. The average Bonchev–Trinajstić information content (AvgIpc) is 3.19. The molecule has 5 rings (SSSR count). The van der Waals surface area contributed by atoms with Crippen LogP contribution in [0.1, 0.15) is 28.7 Å². The summed E-state index contributed by atoms with van der Waals surface area (Å²) in [4.78, 5) is 25.3. The normalized spacial score (nSPS) is 16.7. The molecule has 4 nitrogen and oxygen atoms in total. The van der Waals surface area contributed by atoms with Gasteiger partial charge in [0.1, 0.15) is 0 Å². The lowest BCUT2D eigenvalue weighted by Crippen LogP contribution is -2.23. The molecule has 0 bridgehead atoms. The van der Waals surface area contributed by atoms with Gasteiger partial charge in [-0.25, -0.2) is 0 Å². The van der Waals surface area contributed by atoms with Crippen molar-refractivity contribution in [2.45, 2.75) is 25.6 Å². The first kappa shape index (κ1) is 17.7. The molecular weight excluding hydrogens is 381 g/mol. The molecule has 0 spiro atoms. The highest BCUT2D eigenvalue weighted by molar-refractivity contribution is 6.50. The van der Waals surface area contributed by atoms with Crippen LogP contribution in [0.15, 0.2) is 48.7 Å². The number of hydrogen-bond donors (Lipinski definition) is 1. The molecule has 29 heavy (non-hydrogen) atoms. The number of aromatic nitrogens is 1. The Morgan fingerprint density at radius 3 is 2.38 bits per heavy atom. The fourth-order valence-corrected chi connectivity index (χ4v) is 4.37. The quantitative estimate of drug-likeness (QED) is 0.661. The van der Waals surface area contributed by atoms with Crippen molar-refractivity contribution in [2.24, 2.45) is 0 Å². The van der Waals surface area contributed by atoms with Gasteiger partial charge in [0.2, 0.25) is 0 Å². The summed E-state index contributed by atoms with van der Waals surface area (Å²) in [5.41, 5.74) is 1.12. The Labute approximate surface area is 163 Å². The molecule has 0 fully saturated rings. The number of halogens is 3. The Kier molecular flexibility index (Phi) is 3.71. The van der Waals surface area contributed by atoms with Crippen LogP contribution in [0.2, 0.25) is 0 Å². The number of alkyl halides is 3. The maximum absolute atomic E-state index is 13.6. The number of carbonyl (C=O) groups excluding carboxylic acids is 2. The van der Waals surface area contributed by atoms with Crippen LogP contribution in [0.4, 0.5) is 13.2 Å². The molecule has 2 amide bonds. The summed E-state index contributed by atoms with van der Waals surface area (Å²) in [6.45, 7) is 0.755. The standard InChI is InChI=1S/C22H15F3N2O2/c23-22(24,25)16-9-2-1-7-14(16)17-18(21(29)26-20(17)28)15-11-27-10-4-6-12-5-3-8-13(15)19(12)27/h1-3,5,7-9,11H,4,6,10H2,(H,26,28,29). The van der Waals surface area contributed by atoms with E-state index >= 15 is 0 Å². The Morgan fingerprint density at radius 1 is 0.897 bits per heavy atom. The molecule has 0 saturated heterocycles. The Hall–Kier alpha value is -3.35. The number of nitrogens with zero attached hydrogens (tertiary/aromatic N) is 1. The highest BCUT2D eigenvalue weighted by Gasteiger charge is 2.40. The first-order valence-corrected chi connectivity index (χ1v) is 9.24. The number of para-hydroxylation sites is 1. The Bertz CT molecular complexity index is 1230. The lowest BCUT2D eigenvalue weighted by Gasteiger charge is -2.14. The third-order valence-corrected chi connectivity index (χ3v) is 5.53. The van der Waals surface area contributed by atoms with Crippen LogP contribution in [0.3, 0.4) is 0 Å². The molecule has 146 valence electrons. The monoisotopic (exact) mass is 396 g/mol. The van der Waals surface area contributed by atoms with E-state index in [1.165, 1.54) is 18.2 Å².